The Bertz CT molecular complexity index is 384. The van der Waals surface area contributed by atoms with E-state index in [-0.39, 0.29) is 5.84 Å². The third kappa shape index (κ3) is 8.53. The third-order valence-electron chi connectivity index (χ3n) is 3.93. The van der Waals surface area contributed by atoms with Crippen molar-refractivity contribution >= 4 is 5.84 Å². The highest BCUT2D eigenvalue weighted by atomic mass is 15.1. The first kappa shape index (κ1) is 17.7. The summed E-state index contributed by atoms with van der Waals surface area (Å²) in [7, 11) is 0. The lowest BCUT2D eigenvalue weighted by Crippen LogP contribution is -2.14. The molecule has 0 aromatic carbocycles. The summed E-state index contributed by atoms with van der Waals surface area (Å²) >= 11 is 0. The van der Waals surface area contributed by atoms with E-state index in [1.807, 2.05) is 12.4 Å². The summed E-state index contributed by atoms with van der Waals surface area (Å²) in [5.74, 6) is 1.39. The molecule has 120 valence electrons. The second kappa shape index (κ2) is 11.4. The van der Waals surface area contributed by atoms with Gasteiger partial charge in [-0.3, -0.25) is 5.41 Å². The zero-order valence-electron chi connectivity index (χ0n) is 13.6. The van der Waals surface area contributed by atoms with Crippen molar-refractivity contribution in [2.75, 3.05) is 0 Å². The van der Waals surface area contributed by atoms with Gasteiger partial charge in [0.1, 0.15) is 5.82 Å². The van der Waals surface area contributed by atoms with Crippen LogP contribution in [0, 0.1) is 5.41 Å². The Kier molecular flexibility index (Phi) is 9.58. The molecule has 1 aromatic rings. The molecule has 0 atom stereocenters. The van der Waals surface area contributed by atoms with E-state index in [9.17, 15) is 0 Å². The molecular formula is C17H32N4. The summed E-state index contributed by atoms with van der Waals surface area (Å²) < 4.78 is 2.13. The van der Waals surface area contributed by atoms with Crippen LogP contribution in [0.15, 0.2) is 12.4 Å². The van der Waals surface area contributed by atoms with Crippen LogP contribution < -0.4 is 5.73 Å². The largest absolute Gasteiger partial charge is 0.388 e. The number of nitrogens with one attached hydrogen (secondary N) is 1. The number of hydrogen-bond acceptors (Lipinski definition) is 2. The van der Waals surface area contributed by atoms with Crippen LogP contribution in [0.2, 0.25) is 0 Å². The number of hydrogen-bond donors (Lipinski definition) is 2. The van der Waals surface area contributed by atoms with Gasteiger partial charge in [0.15, 0.2) is 0 Å². The molecule has 1 rings (SSSR count). The van der Waals surface area contributed by atoms with Gasteiger partial charge < -0.3 is 10.3 Å². The molecule has 1 heterocycles. The molecule has 0 aliphatic heterocycles. The first-order chi connectivity index (χ1) is 10.2. The number of aryl methyl sites for hydroxylation is 2. The molecule has 0 amide bonds. The molecule has 0 aliphatic carbocycles. The molecule has 21 heavy (non-hydrogen) atoms. The highest BCUT2D eigenvalue weighted by Gasteiger charge is 2.03. The lowest BCUT2D eigenvalue weighted by atomic mass is 10.1. The smallest absolute Gasteiger partial charge is 0.108 e. The highest BCUT2D eigenvalue weighted by molar-refractivity contribution is 5.76. The van der Waals surface area contributed by atoms with Crippen LogP contribution in [-0.2, 0) is 13.0 Å². The van der Waals surface area contributed by atoms with Crippen LogP contribution in [0.5, 0.6) is 0 Å². The van der Waals surface area contributed by atoms with Gasteiger partial charge >= 0.3 is 0 Å². The maximum atomic E-state index is 7.29. The molecule has 4 heteroatoms. The fourth-order valence-corrected chi connectivity index (χ4v) is 2.61. The molecule has 0 saturated heterocycles. The van der Waals surface area contributed by atoms with Crippen LogP contribution in [0.1, 0.15) is 77.0 Å². The molecule has 0 unspecified atom stereocenters. The van der Waals surface area contributed by atoms with Gasteiger partial charge in [0.2, 0.25) is 0 Å². The maximum absolute atomic E-state index is 7.29. The van der Waals surface area contributed by atoms with Gasteiger partial charge in [0.25, 0.3) is 0 Å². The summed E-state index contributed by atoms with van der Waals surface area (Å²) in [5, 5.41) is 7.29. The third-order valence-corrected chi connectivity index (χ3v) is 3.93. The van der Waals surface area contributed by atoms with Gasteiger partial charge in [-0.1, -0.05) is 58.3 Å². The molecule has 0 spiro atoms. The fourth-order valence-electron chi connectivity index (χ4n) is 2.61. The SMILES string of the molecule is CCCCCCCCCCCc1nccn1CCC(=N)N. The standard InChI is InChI=1S/C17H32N4/c1-2-3-4-5-6-7-8-9-10-11-17-20-13-15-21(17)14-12-16(18)19/h13,15H,2-12,14H2,1H3,(H3,18,19). The van der Waals surface area contributed by atoms with E-state index in [0.29, 0.717) is 6.42 Å². The van der Waals surface area contributed by atoms with Crippen molar-refractivity contribution in [2.24, 2.45) is 5.73 Å². The number of nitrogens with zero attached hydrogens (tertiary/aromatic N) is 2. The van der Waals surface area contributed by atoms with E-state index in [4.69, 9.17) is 11.1 Å². The van der Waals surface area contributed by atoms with Crippen LogP contribution in [0.3, 0.4) is 0 Å². The number of aromatic nitrogens is 2. The molecule has 1 aromatic heterocycles. The lowest BCUT2D eigenvalue weighted by molar-refractivity contribution is 0.556. The number of rotatable bonds is 13. The molecule has 3 N–H and O–H groups in total. The lowest BCUT2D eigenvalue weighted by Gasteiger charge is -2.07. The number of imidazole rings is 1. The summed E-state index contributed by atoms with van der Waals surface area (Å²) in [6.07, 6.45) is 17.7. The van der Waals surface area contributed by atoms with Crippen LogP contribution in [-0.4, -0.2) is 15.4 Å². The Balaban J connectivity index is 2.05. The van der Waals surface area contributed by atoms with E-state index in [2.05, 4.69) is 16.5 Å². The minimum atomic E-state index is 0.248. The molecule has 0 aliphatic rings. The Hall–Kier alpha value is -1.32. The van der Waals surface area contributed by atoms with Gasteiger partial charge in [-0.15, -0.1) is 0 Å². The predicted molar refractivity (Wildman–Crippen MR) is 89.7 cm³/mol. The first-order valence-electron chi connectivity index (χ1n) is 8.57. The Morgan fingerprint density at radius 1 is 1.10 bits per heavy atom. The van der Waals surface area contributed by atoms with Crippen molar-refractivity contribution in [3.8, 4) is 0 Å². The second-order valence-corrected chi connectivity index (χ2v) is 5.89. The monoisotopic (exact) mass is 292 g/mol. The van der Waals surface area contributed by atoms with Gasteiger partial charge in [0, 0.05) is 31.8 Å². The summed E-state index contributed by atoms with van der Waals surface area (Å²) in [6.45, 7) is 3.04. The van der Waals surface area contributed by atoms with Gasteiger partial charge in [0.05, 0.1) is 5.84 Å². The molecular weight excluding hydrogens is 260 g/mol. The van der Waals surface area contributed by atoms with E-state index in [1.54, 1.807) is 0 Å². The molecule has 4 nitrogen and oxygen atoms in total. The molecule has 0 bridgehead atoms. The Morgan fingerprint density at radius 3 is 2.33 bits per heavy atom. The number of unbranched alkanes of at least 4 members (excludes halogenated alkanes) is 8. The summed E-state index contributed by atoms with van der Waals surface area (Å²) in [5.41, 5.74) is 5.41. The van der Waals surface area contributed by atoms with Crippen molar-refractivity contribution in [3.05, 3.63) is 18.2 Å². The Morgan fingerprint density at radius 2 is 1.71 bits per heavy atom. The highest BCUT2D eigenvalue weighted by Crippen LogP contribution is 2.11. The molecule has 0 radical (unpaired) electrons. The van der Waals surface area contributed by atoms with E-state index >= 15 is 0 Å². The van der Waals surface area contributed by atoms with Crippen molar-refractivity contribution < 1.29 is 0 Å². The van der Waals surface area contributed by atoms with Crippen LogP contribution >= 0.6 is 0 Å². The van der Waals surface area contributed by atoms with E-state index < -0.39 is 0 Å². The van der Waals surface area contributed by atoms with Crippen LogP contribution in [0.25, 0.3) is 0 Å². The van der Waals surface area contributed by atoms with Gasteiger partial charge in [-0.25, -0.2) is 4.98 Å². The van der Waals surface area contributed by atoms with Gasteiger partial charge in [-0.2, -0.15) is 0 Å². The number of nitrogens with two attached hydrogens (primary N) is 1. The molecule has 0 saturated carbocycles. The van der Waals surface area contributed by atoms with Crippen molar-refractivity contribution in [1.29, 1.82) is 5.41 Å². The van der Waals surface area contributed by atoms with Crippen molar-refractivity contribution in [3.63, 3.8) is 0 Å². The predicted octanol–water partition coefficient (Wildman–Crippen LogP) is 4.28. The van der Waals surface area contributed by atoms with Crippen molar-refractivity contribution in [1.82, 2.24) is 9.55 Å². The average Bonchev–Trinajstić information content (AvgIpc) is 2.91. The average molecular weight is 292 g/mol. The molecule has 0 fully saturated rings. The normalized spacial score (nSPS) is 10.9. The van der Waals surface area contributed by atoms with Gasteiger partial charge in [-0.05, 0) is 6.42 Å². The first-order valence-corrected chi connectivity index (χ1v) is 8.57. The second-order valence-electron chi connectivity index (χ2n) is 5.89. The van der Waals surface area contributed by atoms with E-state index in [0.717, 1.165) is 18.8 Å². The zero-order chi connectivity index (χ0) is 15.3. The quantitative estimate of drug-likeness (QED) is 0.323. The minimum Gasteiger partial charge on any atom is -0.388 e. The Labute approximate surface area is 129 Å². The maximum Gasteiger partial charge on any atom is 0.108 e. The minimum absolute atomic E-state index is 0.248. The topological polar surface area (TPSA) is 67.7 Å². The number of amidine groups is 1. The van der Waals surface area contributed by atoms with E-state index in [1.165, 1.54) is 57.8 Å². The summed E-state index contributed by atoms with van der Waals surface area (Å²) in [4.78, 5) is 4.41. The fraction of sp³-hybridized carbons (Fsp3) is 0.765. The zero-order valence-corrected chi connectivity index (χ0v) is 13.6. The summed E-state index contributed by atoms with van der Waals surface area (Å²) in [6, 6.07) is 0. The van der Waals surface area contributed by atoms with Crippen molar-refractivity contribution in [2.45, 2.75) is 84.1 Å². The van der Waals surface area contributed by atoms with Crippen LogP contribution in [0.4, 0.5) is 0 Å².